The van der Waals surface area contributed by atoms with Gasteiger partial charge in [-0.05, 0) is 87.1 Å². The first-order chi connectivity index (χ1) is 25.1. The predicted molar refractivity (Wildman–Crippen MR) is 189 cm³/mol. The topological polar surface area (TPSA) is 185 Å². The number of carbonyl (C=O) groups excluding carboxylic acids is 3. The van der Waals surface area contributed by atoms with Gasteiger partial charge in [-0.15, -0.1) is 0 Å². The maximum absolute atomic E-state index is 13.9. The number of esters is 1. The zero-order chi connectivity index (χ0) is 36.7. The number of aliphatic hydroxyl groups is 4. The summed E-state index contributed by atoms with van der Waals surface area (Å²) in [5, 5.41) is 43.5. The molecule has 4 aliphatic rings. The summed E-state index contributed by atoms with van der Waals surface area (Å²) >= 11 is 0. The molecule has 5 N–H and O–H groups in total. The third-order valence-electron chi connectivity index (χ3n) is 11.0. The SMILES string of the molecule is CCOC(=O)C1=C(C=O)C2=C3CCC(=O)[C@H](C3)c3cc4cc[nH]c4cc3CC[C@@H](CO)COc3c4c(c(CO)c(c32)O1)O[C@H]([C@](C)(O)CCCO)C4. The first kappa shape index (κ1) is 35.9. The number of ketones is 1. The van der Waals surface area contributed by atoms with Gasteiger partial charge in [-0.3, -0.25) is 9.59 Å². The van der Waals surface area contributed by atoms with Gasteiger partial charge in [0.25, 0.3) is 0 Å². The zero-order valence-corrected chi connectivity index (χ0v) is 29.5. The number of nitrogens with one attached hydrogen (secondary N) is 1. The second-order valence-electron chi connectivity index (χ2n) is 14.4. The van der Waals surface area contributed by atoms with Gasteiger partial charge in [-0.2, -0.15) is 0 Å². The van der Waals surface area contributed by atoms with Crippen LogP contribution in [0, 0.1) is 5.92 Å². The monoisotopic (exact) mass is 715 g/mol. The lowest BCUT2D eigenvalue weighted by Gasteiger charge is -2.32. The number of aromatic amines is 1. The molecule has 3 aromatic rings. The van der Waals surface area contributed by atoms with Crippen molar-refractivity contribution in [3.63, 3.8) is 0 Å². The standard InChI is InChI=1S/C40H45NO11/c1-3-49-39(47)38-28(18-44)33-24-7-8-31(46)26(14-24)25-13-23-9-11-41-30(23)15-22(25)6-5-21(17-43)20-50-36-27-16-32(40(2,48)10-4-12-42)51-35(27)29(19-45)37(52-38)34(33)36/h9,11,13,15,18,21,26,32,41-43,45,48H,3-8,10,12,14,16-17,19-20H2,1-2H3/t21-,26+,32-,40+/m0/s1. The Bertz CT molecular complexity index is 1990. The summed E-state index contributed by atoms with van der Waals surface area (Å²) in [6.45, 7) is 2.46. The molecule has 12 nitrogen and oxygen atoms in total. The molecular formula is C40H45NO11. The van der Waals surface area contributed by atoms with Gasteiger partial charge < -0.3 is 44.4 Å². The number of H-pyrrole nitrogens is 1. The molecule has 0 unspecified atom stereocenters. The van der Waals surface area contributed by atoms with E-state index in [0.29, 0.717) is 54.4 Å². The summed E-state index contributed by atoms with van der Waals surface area (Å²) in [5.74, 6) is -1.46. The van der Waals surface area contributed by atoms with E-state index in [1.807, 2.05) is 18.3 Å². The average Bonchev–Trinajstić information content (AvgIpc) is 3.80. The van der Waals surface area contributed by atoms with Crippen LogP contribution in [-0.2, 0) is 38.6 Å². The largest absolute Gasteiger partial charge is 0.492 e. The van der Waals surface area contributed by atoms with Crippen molar-refractivity contribution >= 4 is 34.5 Å². The third kappa shape index (κ3) is 6.21. The highest BCUT2D eigenvalue weighted by Crippen LogP contribution is 2.57. The lowest BCUT2D eigenvalue weighted by Crippen LogP contribution is -2.42. The number of aromatic nitrogens is 1. The molecule has 1 aromatic heterocycles. The smallest absolute Gasteiger partial charge is 0.375 e. The maximum atomic E-state index is 13.9. The van der Waals surface area contributed by atoms with Gasteiger partial charge >= 0.3 is 5.97 Å². The van der Waals surface area contributed by atoms with Gasteiger partial charge in [-0.1, -0.05) is 5.57 Å². The van der Waals surface area contributed by atoms with E-state index in [1.54, 1.807) is 13.8 Å². The Morgan fingerprint density at radius 1 is 1.12 bits per heavy atom. The van der Waals surface area contributed by atoms with Gasteiger partial charge in [0.1, 0.15) is 29.1 Å². The molecule has 1 aliphatic carbocycles. The minimum Gasteiger partial charge on any atom is -0.492 e. The van der Waals surface area contributed by atoms with Gasteiger partial charge in [0, 0.05) is 60.7 Å². The summed E-state index contributed by atoms with van der Waals surface area (Å²) in [4.78, 5) is 43.8. The van der Waals surface area contributed by atoms with Crippen LogP contribution in [0.1, 0.15) is 86.1 Å². The summed E-state index contributed by atoms with van der Waals surface area (Å²) in [6.07, 6.45) is 4.22. The van der Waals surface area contributed by atoms with Crippen LogP contribution in [0.15, 0.2) is 41.3 Å². The van der Waals surface area contributed by atoms with E-state index in [2.05, 4.69) is 11.1 Å². The molecule has 4 atom stereocenters. The Morgan fingerprint density at radius 2 is 1.94 bits per heavy atom. The molecule has 3 aliphatic heterocycles. The quantitative estimate of drug-likeness (QED) is 0.159. The number of fused-ring (bicyclic) bond motifs is 7. The van der Waals surface area contributed by atoms with Crippen LogP contribution < -0.4 is 14.2 Å². The van der Waals surface area contributed by atoms with Crippen molar-refractivity contribution in [3.8, 4) is 17.2 Å². The van der Waals surface area contributed by atoms with E-state index in [9.17, 15) is 34.8 Å². The molecule has 276 valence electrons. The van der Waals surface area contributed by atoms with E-state index in [4.69, 9.17) is 18.9 Å². The maximum Gasteiger partial charge on any atom is 0.375 e. The number of aliphatic hydroxyl groups excluding tert-OH is 3. The Morgan fingerprint density at radius 3 is 2.67 bits per heavy atom. The lowest BCUT2D eigenvalue weighted by molar-refractivity contribution is -0.141. The summed E-state index contributed by atoms with van der Waals surface area (Å²) in [5.41, 5.74) is 3.57. The number of benzene rings is 2. The fourth-order valence-corrected chi connectivity index (χ4v) is 8.22. The van der Waals surface area contributed by atoms with Crippen molar-refractivity contribution in [2.75, 3.05) is 26.4 Å². The highest BCUT2D eigenvalue weighted by atomic mass is 16.6. The van der Waals surface area contributed by atoms with E-state index < -0.39 is 30.2 Å². The summed E-state index contributed by atoms with van der Waals surface area (Å²) in [6, 6.07) is 6.06. The highest BCUT2D eigenvalue weighted by Gasteiger charge is 2.46. The van der Waals surface area contributed by atoms with Crippen LogP contribution in [0.5, 0.6) is 17.2 Å². The molecule has 0 radical (unpaired) electrons. The number of allylic oxidation sites excluding steroid dienone is 3. The Labute approximate surface area is 301 Å². The van der Waals surface area contributed by atoms with Gasteiger partial charge in [0.2, 0.25) is 5.76 Å². The molecule has 0 saturated heterocycles. The van der Waals surface area contributed by atoms with Gasteiger partial charge in [-0.25, -0.2) is 4.79 Å². The number of rotatable bonds is 9. The number of Topliss-reactive ketones (excluding diaryl/α,β-unsaturated/α-hetero) is 1. The molecule has 0 spiro atoms. The van der Waals surface area contributed by atoms with E-state index in [1.165, 1.54) is 0 Å². The van der Waals surface area contributed by atoms with Crippen molar-refractivity contribution in [2.45, 2.75) is 89.4 Å². The fraction of sp³-hybridized carbons (Fsp3) is 0.475. The van der Waals surface area contributed by atoms with Crippen molar-refractivity contribution in [3.05, 3.63) is 69.1 Å². The van der Waals surface area contributed by atoms with Crippen LogP contribution >= 0.6 is 0 Å². The average molecular weight is 716 g/mol. The predicted octanol–water partition coefficient (Wildman–Crippen LogP) is 4.12. The molecule has 12 heteroatoms. The minimum absolute atomic E-state index is 0.0131. The van der Waals surface area contributed by atoms with Crippen molar-refractivity contribution in [2.24, 2.45) is 5.92 Å². The zero-order valence-electron chi connectivity index (χ0n) is 29.5. The minimum atomic E-state index is -1.38. The van der Waals surface area contributed by atoms with E-state index >= 15 is 0 Å². The number of aryl methyl sites for hydroxylation is 1. The molecule has 1 saturated carbocycles. The second kappa shape index (κ2) is 14.5. The number of ether oxygens (including phenoxy) is 4. The van der Waals surface area contributed by atoms with Crippen molar-refractivity contribution in [1.82, 2.24) is 4.98 Å². The third-order valence-corrected chi connectivity index (χ3v) is 11.0. The Kier molecular flexibility index (Phi) is 10.0. The molecule has 2 aromatic carbocycles. The molecular weight excluding hydrogens is 670 g/mol. The number of carbonyl (C=O) groups is 3. The summed E-state index contributed by atoms with van der Waals surface area (Å²) < 4.78 is 24.7. The first-order valence-corrected chi connectivity index (χ1v) is 18.1. The first-order valence-electron chi connectivity index (χ1n) is 18.1. The number of hydrogen-bond donors (Lipinski definition) is 5. The van der Waals surface area contributed by atoms with Gasteiger partial charge in [0.05, 0.1) is 42.1 Å². The fourth-order valence-electron chi connectivity index (χ4n) is 8.22. The Balaban J connectivity index is 1.51. The van der Waals surface area contributed by atoms with Crippen molar-refractivity contribution in [1.29, 1.82) is 0 Å². The van der Waals surface area contributed by atoms with Crippen LogP contribution in [0.2, 0.25) is 0 Å². The molecule has 2 bridgehead atoms. The van der Waals surface area contributed by atoms with E-state index in [0.717, 1.165) is 27.6 Å². The lowest BCUT2D eigenvalue weighted by atomic mass is 9.74. The molecule has 0 amide bonds. The number of hydrogen-bond acceptors (Lipinski definition) is 11. The van der Waals surface area contributed by atoms with Crippen LogP contribution in [0.3, 0.4) is 0 Å². The van der Waals surface area contributed by atoms with Crippen LogP contribution in [0.25, 0.3) is 16.5 Å². The number of aldehydes is 1. The molecule has 4 heterocycles. The normalized spacial score (nSPS) is 22.4. The molecule has 1 fully saturated rings. The second-order valence-corrected chi connectivity index (χ2v) is 14.4. The molecule has 7 rings (SSSR count). The molecule has 52 heavy (non-hydrogen) atoms. The van der Waals surface area contributed by atoms with Crippen molar-refractivity contribution < 1.29 is 53.8 Å². The highest BCUT2D eigenvalue weighted by molar-refractivity contribution is 6.11. The Hall–Kier alpha value is -4.49. The van der Waals surface area contributed by atoms with Gasteiger partial charge in [0.15, 0.2) is 6.29 Å². The van der Waals surface area contributed by atoms with E-state index in [-0.39, 0.29) is 92.2 Å². The van der Waals surface area contributed by atoms with Crippen LogP contribution in [-0.4, -0.2) is 81.6 Å². The van der Waals surface area contributed by atoms with Crippen LogP contribution in [0.4, 0.5) is 0 Å². The summed E-state index contributed by atoms with van der Waals surface area (Å²) in [7, 11) is 0.